The second-order valence-corrected chi connectivity index (χ2v) is 12.0. The standard InChI is InChI=1S/C24H22ClF3N2O4S2/c25-21-10-11-22(35-21)36(32,33)30-12-2-5-20(30)23(31)29-14-16-6-8-17(9-7-16)15-34-19-4-1-3-18(13-19)24(26,27)28/h1,3-4,6-11,13,20H,2,5,12,14-15H2,(H,29,31)/t20-/m0/s1. The molecule has 12 heteroatoms. The molecule has 1 N–H and O–H groups in total. The summed E-state index contributed by atoms with van der Waals surface area (Å²) in [6.07, 6.45) is -3.43. The average Bonchev–Trinajstić information content (AvgIpc) is 3.52. The largest absolute Gasteiger partial charge is 0.489 e. The number of thiophene rings is 1. The normalized spacial score (nSPS) is 16.7. The van der Waals surface area contributed by atoms with E-state index in [2.05, 4.69) is 5.32 Å². The molecule has 192 valence electrons. The van der Waals surface area contributed by atoms with Crippen LogP contribution >= 0.6 is 22.9 Å². The van der Waals surface area contributed by atoms with Crippen LogP contribution in [0.25, 0.3) is 0 Å². The molecule has 0 radical (unpaired) electrons. The molecule has 0 unspecified atom stereocenters. The number of hydrogen-bond donors (Lipinski definition) is 1. The van der Waals surface area contributed by atoms with Gasteiger partial charge in [-0.3, -0.25) is 4.79 Å². The Morgan fingerprint density at radius 3 is 2.50 bits per heavy atom. The number of hydrogen-bond acceptors (Lipinski definition) is 5. The molecule has 4 rings (SSSR count). The lowest BCUT2D eigenvalue weighted by Gasteiger charge is -2.22. The molecule has 3 aromatic rings. The summed E-state index contributed by atoms with van der Waals surface area (Å²) in [6, 6.07) is 13.9. The number of alkyl halides is 3. The Bertz CT molecular complexity index is 1330. The van der Waals surface area contributed by atoms with Gasteiger partial charge in [-0.1, -0.05) is 41.9 Å². The van der Waals surface area contributed by atoms with E-state index < -0.39 is 27.8 Å². The van der Waals surface area contributed by atoms with Gasteiger partial charge in [0, 0.05) is 13.1 Å². The predicted molar refractivity (Wildman–Crippen MR) is 130 cm³/mol. The fourth-order valence-corrected chi connectivity index (χ4v) is 7.10. The van der Waals surface area contributed by atoms with Gasteiger partial charge >= 0.3 is 6.18 Å². The number of sulfonamides is 1. The number of halogens is 4. The molecule has 1 aliphatic heterocycles. The van der Waals surface area contributed by atoms with Crippen molar-refractivity contribution in [3.63, 3.8) is 0 Å². The van der Waals surface area contributed by atoms with E-state index in [0.29, 0.717) is 17.2 Å². The topological polar surface area (TPSA) is 75.7 Å². The molecular weight excluding hydrogens is 537 g/mol. The minimum atomic E-state index is -4.44. The van der Waals surface area contributed by atoms with E-state index in [-0.39, 0.29) is 35.6 Å². The van der Waals surface area contributed by atoms with Crippen LogP contribution < -0.4 is 10.1 Å². The Kier molecular flexibility index (Phi) is 7.93. The van der Waals surface area contributed by atoms with Crippen molar-refractivity contribution in [2.75, 3.05) is 6.54 Å². The van der Waals surface area contributed by atoms with E-state index in [0.717, 1.165) is 34.6 Å². The maximum Gasteiger partial charge on any atom is 0.416 e. The molecule has 1 atom stereocenters. The summed E-state index contributed by atoms with van der Waals surface area (Å²) in [4.78, 5) is 12.8. The highest BCUT2D eigenvalue weighted by Crippen LogP contribution is 2.33. The van der Waals surface area contributed by atoms with Gasteiger partial charge in [0.25, 0.3) is 10.0 Å². The zero-order valence-electron chi connectivity index (χ0n) is 18.8. The lowest BCUT2D eigenvalue weighted by atomic mass is 10.1. The van der Waals surface area contributed by atoms with Crippen LogP contribution in [0.4, 0.5) is 13.2 Å². The summed E-state index contributed by atoms with van der Waals surface area (Å²) in [6.45, 7) is 0.537. The summed E-state index contributed by atoms with van der Waals surface area (Å²) in [5.74, 6) is -0.266. The van der Waals surface area contributed by atoms with E-state index in [4.69, 9.17) is 16.3 Å². The summed E-state index contributed by atoms with van der Waals surface area (Å²) >= 11 is 6.84. The lowest BCUT2D eigenvalue weighted by molar-refractivity contribution is -0.137. The van der Waals surface area contributed by atoms with Crippen molar-refractivity contribution in [3.8, 4) is 5.75 Å². The third kappa shape index (κ3) is 6.20. The summed E-state index contributed by atoms with van der Waals surface area (Å²) in [7, 11) is -3.81. The van der Waals surface area contributed by atoms with Crippen molar-refractivity contribution in [2.45, 2.75) is 42.4 Å². The van der Waals surface area contributed by atoms with Crippen LogP contribution in [0, 0.1) is 0 Å². The van der Waals surface area contributed by atoms with Crippen LogP contribution in [0.15, 0.2) is 64.9 Å². The van der Waals surface area contributed by atoms with Gasteiger partial charge in [-0.25, -0.2) is 8.42 Å². The quantitative estimate of drug-likeness (QED) is 0.398. The molecule has 6 nitrogen and oxygen atoms in total. The van der Waals surface area contributed by atoms with Crippen LogP contribution in [0.3, 0.4) is 0 Å². The molecule has 2 heterocycles. The zero-order valence-corrected chi connectivity index (χ0v) is 21.2. The molecule has 1 aliphatic rings. The van der Waals surface area contributed by atoms with Gasteiger partial charge < -0.3 is 10.1 Å². The Labute approximate surface area is 215 Å². The smallest absolute Gasteiger partial charge is 0.416 e. The summed E-state index contributed by atoms with van der Waals surface area (Å²) < 4.78 is 71.6. The van der Waals surface area contributed by atoms with Crippen molar-refractivity contribution < 1.29 is 31.1 Å². The molecule has 0 spiro atoms. The van der Waals surface area contributed by atoms with E-state index in [1.807, 2.05) is 0 Å². The Morgan fingerprint density at radius 2 is 1.83 bits per heavy atom. The van der Waals surface area contributed by atoms with Gasteiger partial charge in [-0.2, -0.15) is 17.5 Å². The van der Waals surface area contributed by atoms with Crippen molar-refractivity contribution in [1.82, 2.24) is 9.62 Å². The third-order valence-electron chi connectivity index (χ3n) is 5.67. The van der Waals surface area contributed by atoms with E-state index >= 15 is 0 Å². The number of ether oxygens (including phenoxy) is 1. The molecule has 36 heavy (non-hydrogen) atoms. The maximum absolute atomic E-state index is 12.9. The fraction of sp³-hybridized carbons (Fsp3) is 0.292. The predicted octanol–water partition coefficient (Wildman–Crippen LogP) is 5.47. The van der Waals surface area contributed by atoms with E-state index in [9.17, 15) is 26.4 Å². The van der Waals surface area contributed by atoms with E-state index in [1.54, 1.807) is 24.3 Å². The van der Waals surface area contributed by atoms with Crippen LogP contribution in [-0.2, 0) is 34.1 Å². The minimum absolute atomic E-state index is 0.0789. The molecule has 1 amide bonds. The van der Waals surface area contributed by atoms with Gasteiger partial charge in [0.05, 0.1) is 9.90 Å². The molecular formula is C24H22ClF3N2O4S2. The highest BCUT2D eigenvalue weighted by atomic mass is 35.5. The van der Waals surface area contributed by atoms with Crippen molar-refractivity contribution in [1.29, 1.82) is 0 Å². The molecule has 2 aromatic carbocycles. The highest BCUT2D eigenvalue weighted by molar-refractivity contribution is 7.91. The number of carbonyl (C=O) groups is 1. The Morgan fingerprint density at radius 1 is 1.11 bits per heavy atom. The highest BCUT2D eigenvalue weighted by Gasteiger charge is 2.40. The average molecular weight is 559 g/mol. The van der Waals surface area contributed by atoms with E-state index in [1.165, 1.54) is 28.6 Å². The molecule has 1 aromatic heterocycles. The number of rotatable bonds is 8. The van der Waals surface area contributed by atoms with Crippen LogP contribution in [0.2, 0.25) is 4.34 Å². The number of carbonyl (C=O) groups excluding carboxylic acids is 1. The molecule has 1 fully saturated rings. The van der Waals surface area contributed by atoms with Gasteiger partial charge in [-0.15, -0.1) is 11.3 Å². The minimum Gasteiger partial charge on any atom is -0.489 e. The van der Waals surface area contributed by atoms with Crippen LogP contribution in [-0.4, -0.2) is 31.2 Å². The Hall–Kier alpha value is -2.60. The van der Waals surface area contributed by atoms with Gasteiger partial charge in [0.1, 0.15) is 22.6 Å². The van der Waals surface area contributed by atoms with Crippen molar-refractivity contribution >= 4 is 38.9 Å². The summed E-state index contributed by atoms with van der Waals surface area (Å²) in [5, 5.41) is 2.79. The zero-order chi connectivity index (χ0) is 25.9. The Balaban J connectivity index is 1.32. The van der Waals surface area contributed by atoms with Gasteiger partial charge in [0.15, 0.2) is 0 Å². The number of benzene rings is 2. The first kappa shape index (κ1) is 26.5. The second kappa shape index (κ2) is 10.8. The summed E-state index contributed by atoms with van der Waals surface area (Å²) in [5.41, 5.74) is 0.743. The fourth-order valence-electron chi connectivity index (χ4n) is 3.83. The molecule has 1 saturated heterocycles. The lowest BCUT2D eigenvalue weighted by Crippen LogP contribution is -2.45. The first-order valence-corrected chi connectivity index (χ1v) is 13.6. The van der Waals surface area contributed by atoms with Crippen LogP contribution in [0.5, 0.6) is 5.75 Å². The van der Waals surface area contributed by atoms with Gasteiger partial charge in [0.2, 0.25) is 5.91 Å². The number of nitrogens with zero attached hydrogens (tertiary/aromatic N) is 1. The van der Waals surface area contributed by atoms with Gasteiger partial charge in [-0.05, 0) is 54.3 Å². The van der Waals surface area contributed by atoms with Crippen LogP contribution in [0.1, 0.15) is 29.5 Å². The third-order valence-corrected chi connectivity index (χ3v) is 9.28. The van der Waals surface area contributed by atoms with Crippen molar-refractivity contribution in [3.05, 3.63) is 81.7 Å². The monoisotopic (exact) mass is 558 g/mol. The molecule has 0 saturated carbocycles. The SMILES string of the molecule is O=C(NCc1ccc(COc2cccc(C(F)(F)F)c2)cc1)[C@@H]1CCCN1S(=O)(=O)c1ccc(Cl)s1. The molecule has 0 aliphatic carbocycles. The first-order valence-electron chi connectivity index (χ1n) is 11.0. The molecule has 0 bridgehead atoms. The number of nitrogens with one attached hydrogen (secondary N) is 1. The number of amides is 1. The first-order chi connectivity index (χ1) is 17.0. The van der Waals surface area contributed by atoms with Crippen molar-refractivity contribution in [2.24, 2.45) is 0 Å². The second-order valence-electron chi connectivity index (χ2n) is 8.18. The maximum atomic E-state index is 12.9.